The molecular weight excluding hydrogens is 327 g/mol. The van der Waals surface area contributed by atoms with E-state index >= 15 is 0 Å². The number of nitrogen functional groups attached to an aromatic ring is 1. The third kappa shape index (κ3) is 3.34. The molecule has 0 aliphatic carbocycles. The van der Waals surface area contributed by atoms with Gasteiger partial charge in [0.05, 0.1) is 4.47 Å². The summed E-state index contributed by atoms with van der Waals surface area (Å²) in [6.45, 7) is 0. The summed E-state index contributed by atoms with van der Waals surface area (Å²) in [4.78, 5) is 0. The molecule has 0 aromatic heterocycles. The van der Waals surface area contributed by atoms with Crippen LogP contribution in [0, 0.1) is 11.6 Å². The normalized spacial score (nSPS) is 9.72. The highest BCUT2D eigenvalue weighted by molar-refractivity contribution is 9.10. The Kier molecular flexibility index (Phi) is 4.93. The van der Waals surface area contributed by atoms with Crippen molar-refractivity contribution in [3.05, 3.63) is 52.5 Å². The van der Waals surface area contributed by atoms with Gasteiger partial charge in [-0.1, -0.05) is 0 Å². The number of nitrogens with two attached hydrogens (primary N) is 1. The molecule has 2 rings (SSSR count). The Morgan fingerprint density at radius 3 is 2.28 bits per heavy atom. The van der Waals surface area contributed by atoms with E-state index in [9.17, 15) is 8.78 Å². The number of anilines is 1. The molecule has 0 fully saturated rings. The van der Waals surface area contributed by atoms with Crippen LogP contribution in [0.1, 0.15) is 0 Å². The van der Waals surface area contributed by atoms with Crippen molar-refractivity contribution in [1.29, 1.82) is 0 Å². The first-order valence-electron chi connectivity index (χ1n) is 4.74. The van der Waals surface area contributed by atoms with Crippen molar-refractivity contribution in [2.75, 3.05) is 5.73 Å². The lowest BCUT2D eigenvalue weighted by molar-refractivity contribution is 0.435. The zero-order valence-electron chi connectivity index (χ0n) is 8.99. The first-order valence-corrected chi connectivity index (χ1v) is 5.53. The molecule has 2 N–H and O–H groups in total. The maximum absolute atomic E-state index is 13.3. The van der Waals surface area contributed by atoms with Gasteiger partial charge in [0, 0.05) is 11.8 Å². The molecule has 0 saturated carbocycles. The molecule has 0 aliphatic rings. The summed E-state index contributed by atoms with van der Waals surface area (Å²) in [7, 11) is 0. The van der Waals surface area contributed by atoms with Gasteiger partial charge in [0.15, 0.2) is 11.6 Å². The largest absolute Gasteiger partial charge is 0.453 e. The van der Waals surface area contributed by atoms with E-state index in [0.29, 0.717) is 15.9 Å². The molecule has 96 valence electrons. The molecule has 0 spiro atoms. The summed E-state index contributed by atoms with van der Waals surface area (Å²) in [5, 5.41) is 0. The molecule has 2 nitrogen and oxygen atoms in total. The Balaban J connectivity index is 0.00000162. The molecule has 0 amide bonds. The highest BCUT2D eigenvalue weighted by atomic mass is 79.9. The lowest BCUT2D eigenvalue weighted by atomic mass is 10.3. The van der Waals surface area contributed by atoms with E-state index in [1.54, 1.807) is 18.2 Å². The fraction of sp³-hybridized carbons (Fsp3) is 0. The van der Waals surface area contributed by atoms with Crippen LogP contribution in [-0.4, -0.2) is 0 Å². The number of benzene rings is 2. The summed E-state index contributed by atoms with van der Waals surface area (Å²) in [5.41, 5.74) is 6.12. The predicted octanol–water partition coefficient (Wildman–Crippen LogP) is 4.52. The predicted molar refractivity (Wildman–Crippen MR) is 72.2 cm³/mol. The fourth-order valence-corrected chi connectivity index (χ4v) is 1.75. The van der Waals surface area contributed by atoms with Crippen LogP contribution in [0.25, 0.3) is 0 Å². The van der Waals surface area contributed by atoms with Gasteiger partial charge in [-0.25, -0.2) is 8.78 Å². The van der Waals surface area contributed by atoms with Crippen molar-refractivity contribution >= 4 is 34.0 Å². The van der Waals surface area contributed by atoms with Crippen molar-refractivity contribution in [2.24, 2.45) is 0 Å². The first-order chi connectivity index (χ1) is 8.06. The van der Waals surface area contributed by atoms with Crippen LogP contribution in [0.2, 0.25) is 0 Å². The van der Waals surface area contributed by atoms with E-state index < -0.39 is 11.6 Å². The molecule has 0 unspecified atom stereocenters. The Labute approximate surface area is 117 Å². The molecule has 0 bridgehead atoms. The van der Waals surface area contributed by atoms with Crippen molar-refractivity contribution < 1.29 is 13.5 Å². The average molecular weight is 337 g/mol. The van der Waals surface area contributed by atoms with Crippen molar-refractivity contribution in [1.82, 2.24) is 0 Å². The van der Waals surface area contributed by atoms with Crippen LogP contribution in [-0.2, 0) is 0 Å². The number of halogens is 4. The molecule has 0 heterocycles. The van der Waals surface area contributed by atoms with Gasteiger partial charge >= 0.3 is 0 Å². The second kappa shape index (κ2) is 6.02. The number of rotatable bonds is 2. The van der Waals surface area contributed by atoms with Gasteiger partial charge < -0.3 is 10.5 Å². The minimum absolute atomic E-state index is 0. The highest BCUT2D eigenvalue weighted by Crippen LogP contribution is 2.32. The average Bonchev–Trinajstić information content (AvgIpc) is 2.25. The quantitative estimate of drug-likeness (QED) is 0.818. The van der Waals surface area contributed by atoms with E-state index in [-0.39, 0.29) is 18.2 Å². The Morgan fingerprint density at radius 1 is 1.00 bits per heavy atom. The summed E-state index contributed by atoms with van der Waals surface area (Å²) in [6.07, 6.45) is 0. The van der Waals surface area contributed by atoms with Crippen LogP contribution in [0.15, 0.2) is 40.9 Å². The van der Waals surface area contributed by atoms with Crippen LogP contribution in [0.4, 0.5) is 14.5 Å². The lowest BCUT2D eigenvalue weighted by Gasteiger charge is -2.09. The van der Waals surface area contributed by atoms with Gasteiger partial charge in [0.25, 0.3) is 0 Å². The Morgan fingerprint density at radius 2 is 1.67 bits per heavy atom. The van der Waals surface area contributed by atoms with Gasteiger partial charge in [0.2, 0.25) is 0 Å². The molecule has 0 atom stereocenters. The van der Waals surface area contributed by atoms with E-state index in [0.717, 1.165) is 12.1 Å². The van der Waals surface area contributed by atoms with Crippen LogP contribution >= 0.6 is 28.3 Å². The minimum atomic E-state index is -0.756. The summed E-state index contributed by atoms with van der Waals surface area (Å²) in [5.74, 6) is -1.04. The zero-order chi connectivity index (χ0) is 12.4. The summed E-state index contributed by atoms with van der Waals surface area (Å²) < 4.78 is 31.9. The van der Waals surface area contributed by atoms with Crippen LogP contribution in [0.5, 0.6) is 11.5 Å². The van der Waals surface area contributed by atoms with Crippen LogP contribution < -0.4 is 10.5 Å². The van der Waals surface area contributed by atoms with Crippen molar-refractivity contribution in [2.45, 2.75) is 0 Å². The molecule has 0 radical (unpaired) electrons. The smallest absolute Gasteiger partial charge is 0.168 e. The second-order valence-corrected chi connectivity index (χ2v) is 4.22. The van der Waals surface area contributed by atoms with E-state index in [1.807, 2.05) is 0 Å². The standard InChI is InChI=1S/C12H8BrF2NO.ClH/c13-9-6-8(16)2-4-11(9)17-12-3-1-7(14)5-10(12)15;/h1-6H,16H2;1H. The molecule has 6 heteroatoms. The van der Waals surface area contributed by atoms with Gasteiger partial charge in [-0.05, 0) is 46.3 Å². The summed E-state index contributed by atoms with van der Waals surface area (Å²) in [6, 6.07) is 7.98. The summed E-state index contributed by atoms with van der Waals surface area (Å²) >= 11 is 3.24. The maximum Gasteiger partial charge on any atom is 0.168 e. The third-order valence-corrected chi connectivity index (χ3v) is 2.69. The molecule has 2 aromatic carbocycles. The number of ether oxygens (including phenoxy) is 1. The van der Waals surface area contributed by atoms with Crippen molar-refractivity contribution in [3.8, 4) is 11.5 Å². The SMILES string of the molecule is Cl.Nc1ccc(Oc2ccc(F)cc2F)c(Br)c1. The fourth-order valence-electron chi connectivity index (χ4n) is 1.28. The van der Waals surface area contributed by atoms with Gasteiger partial charge in [0.1, 0.15) is 11.6 Å². The van der Waals surface area contributed by atoms with Crippen LogP contribution in [0.3, 0.4) is 0 Å². The lowest BCUT2D eigenvalue weighted by Crippen LogP contribution is -1.91. The maximum atomic E-state index is 13.3. The van der Waals surface area contributed by atoms with Gasteiger partial charge in [-0.3, -0.25) is 0 Å². The molecular formula is C12H9BrClF2NO. The Bertz CT molecular complexity index is 516. The second-order valence-electron chi connectivity index (χ2n) is 3.37. The van der Waals surface area contributed by atoms with E-state index in [4.69, 9.17) is 10.5 Å². The van der Waals surface area contributed by atoms with Crippen molar-refractivity contribution in [3.63, 3.8) is 0 Å². The van der Waals surface area contributed by atoms with Gasteiger partial charge in [-0.15, -0.1) is 12.4 Å². The molecule has 18 heavy (non-hydrogen) atoms. The first kappa shape index (κ1) is 14.7. The molecule has 0 aliphatic heterocycles. The number of hydrogen-bond acceptors (Lipinski definition) is 2. The monoisotopic (exact) mass is 335 g/mol. The van der Waals surface area contributed by atoms with Gasteiger partial charge in [-0.2, -0.15) is 0 Å². The Hall–Kier alpha value is -1.33. The zero-order valence-corrected chi connectivity index (χ0v) is 11.4. The topological polar surface area (TPSA) is 35.2 Å². The molecule has 2 aromatic rings. The molecule has 0 saturated heterocycles. The highest BCUT2D eigenvalue weighted by Gasteiger charge is 2.08. The third-order valence-electron chi connectivity index (χ3n) is 2.07. The van der Waals surface area contributed by atoms with E-state index in [1.165, 1.54) is 6.07 Å². The van der Waals surface area contributed by atoms with E-state index in [2.05, 4.69) is 15.9 Å². The number of hydrogen-bond donors (Lipinski definition) is 1. The minimum Gasteiger partial charge on any atom is -0.453 e.